The van der Waals surface area contributed by atoms with Crippen molar-refractivity contribution in [3.8, 4) is 11.4 Å². The summed E-state index contributed by atoms with van der Waals surface area (Å²) in [6.07, 6.45) is 3.24. The number of benzene rings is 2. The summed E-state index contributed by atoms with van der Waals surface area (Å²) in [6, 6.07) is 10.4. The molecule has 0 aliphatic rings. The highest BCUT2D eigenvalue weighted by molar-refractivity contribution is 7.98. The highest BCUT2D eigenvalue weighted by atomic mass is 32.2. The average molecular weight is 415 g/mol. The van der Waals surface area contributed by atoms with Gasteiger partial charge in [0.15, 0.2) is 5.16 Å². The van der Waals surface area contributed by atoms with Crippen molar-refractivity contribution in [2.24, 2.45) is 0 Å². The van der Waals surface area contributed by atoms with Crippen molar-refractivity contribution in [1.29, 1.82) is 0 Å². The fraction of sp³-hybridized carbons (Fsp3) is 0.150. The maximum atomic E-state index is 13.3. The molecule has 0 radical (unpaired) electrons. The van der Waals surface area contributed by atoms with Gasteiger partial charge in [-0.1, -0.05) is 11.8 Å². The number of hydrogen-bond donors (Lipinski definition) is 1. The summed E-state index contributed by atoms with van der Waals surface area (Å²) >= 11 is 1.34. The number of esters is 1. The van der Waals surface area contributed by atoms with E-state index < -0.39 is 11.9 Å². The molecule has 0 unspecified atom stereocenters. The van der Waals surface area contributed by atoms with E-state index in [0.29, 0.717) is 16.6 Å². The number of nitrogens with one attached hydrogen (secondary N) is 1. The van der Waals surface area contributed by atoms with Gasteiger partial charge < -0.3 is 14.8 Å². The second kappa shape index (κ2) is 8.78. The number of ether oxygens (including phenoxy) is 2. The summed E-state index contributed by atoms with van der Waals surface area (Å²) in [4.78, 5) is 29.3. The lowest BCUT2D eigenvalue weighted by Gasteiger charge is -2.13. The average Bonchev–Trinajstić information content (AvgIpc) is 3.18. The Morgan fingerprint density at radius 2 is 1.86 bits per heavy atom. The Kier molecular flexibility index (Phi) is 6.18. The largest absolute Gasteiger partial charge is 0.497 e. The number of imidazole rings is 1. The molecule has 3 rings (SSSR count). The van der Waals surface area contributed by atoms with Gasteiger partial charge in [0.1, 0.15) is 17.3 Å². The lowest BCUT2D eigenvalue weighted by molar-refractivity contribution is 0.0601. The van der Waals surface area contributed by atoms with Crippen molar-refractivity contribution in [3.05, 3.63) is 65.7 Å². The number of anilines is 1. The standard InChI is InChI=1S/C20H18FN3O4S/c1-27-14-8-9-16(15(10-14)19(26)28-2)23-18(25)17-11-22-20(29-3)24(17)13-6-4-12(21)5-7-13/h4-11H,1-3H3,(H,23,25). The minimum absolute atomic E-state index is 0.151. The van der Waals surface area contributed by atoms with Crippen molar-refractivity contribution in [1.82, 2.24) is 9.55 Å². The number of aromatic nitrogens is 2. The van der Waals surface area contributed by atoms with Crippen LogP contribution in [0.1, 0.15) is 20.8 Å². The molecule has 3 aromatic rings. The van der Waals surface area contributed by atoms with Crippen LogP contribution in [0.2, 0.25) is 0 Å². The molecule has 0 aliphatic carbocycles. The van der Waals surface area contributed by atoms with Crippen LogP contribution in [0.25, 0.3) is 5.69 Å². The van der Waals surface area contributed by atoms with Crippen LogP contribution in [0.5, 0.6) is 5.75 Å². The Labute approximate surface area is 170 Å². The van der Waals surface area contributed by atoms with Gasteiger partial charge in [-0.3, -0.25) is 9.36 Å². The first-order valence-electron chi connectivity index (χ1n) is 8.44. The lowest BCUT2D eigenvalue weighted by atomic mass is 10.1. The molecule has 0 saturated carbocycles. The second-order valence-electron chi connectivity index (χ2n) is 5.80. The Morgan fingerprint density at radius 1 is 1.14 bits per heavy atom. The molecule has 1 aromatic heterocycles. The molecular weight excluding hydrogens is 397 g/mol. The monoisotopic (exact) mass is 415 g/mol. The van der Waals surface area contributed by atoms with Gasteiger partial charge in [0.25, 0.3) is 5.91 Å². The van der Waals surface area contributed by atoms with Crippen molar-refractivity contribution in [2.75, 3.05) is 25.8 Å². The minimum atomic E-state index is -0.615. The van der Waals surface area contributed by atoms with Gasteiger partial charge >= 0.3 is 5.97 Å². The van der Waals surface area contributed by atoms with Crippen LogP contribution in [-0.2, 0) is 4.74 Å². The molecule has 1 heterocycles. The summed E-state index contributed by atoms with van der Waals surface area (Å²) in [5, 5.41) is 3.27. The van der Waals surface area contributed by atoms with Gasteiger partial charge in [-0.2, -0.15) is 0 Å². The zero-order chi connectivity index (χ0) is 21.0. The Morgan fingerprint density at radius 3 is 2.48 bits per heavy atom. The molecule has 0 atom stereocenters. The van der Waals surface area contributed by atoms with Gasteiger partial charge in [0.05, 0.1) is 31.7 Å². The Balaban J connectivity index is 2.00. The normalized spacial score (nSPS) is 10.5. The van der Waals surface area contributed by atoms with Gasteiger partial charge in [0.2, 0.25) is 0 Å². The molecule has 1 amide bonds. The molecule has 0 fully saturated rings. The number of hydrogen-bond acceptors (Lipinski definition) is 6. The molecule has 0 aliphatic heterocycles. The quantitative estimate of drug-likeness (QED) is 0.487. The van der Waals surface area contributed by atoms with E-state index in [-0.39, 0.29) is 22.8 Å². The van der Waals surface area contributed by atoms with E-state index in [9.17, 15) is 14.0 Å². The van der Waals surface area contributed by atoms with Gasteiger partial charge in [-0.25, -0.2) is 14.2 Å². The molecule has 150 valence electrons. The third kappa shape index (κ3) is 4.24. The highest BCUT2D eigenvalue weighted by Crippen LogP contribution is 2.26. The fourth-order valence-corrected chi connectivity index (χ4v) is 3.25. The van der Waals surface area contributed by atoms with E-state index in [2.05, 4.69) is 10.3 Å². The predicted molar refractivity (Wildman–Crippen MR) is 108 cm³/mol. The van der Waals surface area contributed by atoms with E-state index in [0.717, 1.165) is 0 Å². The number of halogens is 1. The Bertz CT molecular complexity index is 1050. The minimum Gasteiger partial charge on any atom is -0.497 e. The maximum absolute atomic E-state index is 13.3. The Hall–Kier alpha value is -3.33. The van der Waals surface area contributed by atoms with Crippen LogP contribution < -0.4 is 10.1 Å². The molecule has 29 heavy (non-hydrogen) atoms. The van der Waals surface area contributed by atoms with Gasteiger partial charge in [-0.05, 0) is 48.7 Å². The zero-order valence-corrected chi connectivity index (χ0v) is 16.7. The van der Waals surface area contributed by atoms with Crippen LogP contribution in [0.15, 0.2) is 53.8 Å². The number of rotatable bonds is 6. The SMILES string of the molecule is COC(=O)c1cc(OC)ccc1NC(=O)c1cnc(SC)n1-c1ccc(F)cc1. The first-order chi connectivity index (χ1) is 14.0. The summed E-state index contributed by atoms with van der Waals surface area (Å²) < 4.78 is 24.8. The van der Waals surface area contributed by atoms with Gasteiger partial charge in [0, 0.05) is 5.69 Å². The smallest absolute Gasteiger partial charge is 0.340 e. The van der Waals surface area contributed by atoms with E-state index in [1.807, 2.05) is 6.26 Å². The molecule has 7 nitrogen and oxygen atoms in total. The first kappa shape index (κ1) is 20.4. The number of thioether (sulfide) groups is 1. The molecular formula is C20H18FN3O4S. The number of amides is 1. The molecule has 9 heteroatoms. The zero-order valence-electron chi connectivity index (χ0n) is 15.9. The first-order valence-corrected chi connectivity index (χ1v) is 9.66. The van der Waals surface area contributed by atoms with E-state index in [1.54, 1.807) is 28.8 Å². The predicted octanol–water partition coefficient (Wildman–Crippen LogP) is 3.78. The van der Waals surface area contributed by atoms with E-state index in [4.69, 9.17) is 9.47 Å². The summed E-state index contributed by atoms with van der Waals surface area (Å²) in [5.74, 6) is -1.04. The number of carbonyl (C=O) groups is 2. The van der Waals surface area contributed by atoms with Crippen molar-refractivity contribution >= 4 is 29.3 Å². The maximum Gasteiger partial charge on any atom is 0.340 e. The number of carbonyl (C=O) groups excluding carboxylic acids is 2. The summed E-state index contributed by atoms with van der Waals surface area (Å²) in [5.41, 5.74) is 1.23. The van der Waals surface area contributed by atoms with E-state index >= 15 is 0 Å². The molecule has 0 bridgehead atoms. The van der Waals surface area contributed by atoms with Gasteiger partial charge in [-0.15, -0.1) is 0 Å². The molecule has 0 spiro atoms. The number of nitrogens with zero attached hydrogens (tertiary/aromatic N) is 2. The van der Waals surface area contributed by atoms with E-state index in [1.165, 1.54) is 50.4 Å². The van der Waals surface area contributed by atoms with Crippen LogP contribution in [0, 0.1) is 5.82 Å². The summed E-state index contributed by atoms with van der Waals surface area (Å²) in [7, 11) is 2.72. The highest BCUT2D eigenvalue weighted by Gasteiger charge is 2.21. The van der Waals surface area contributed by atoms with Crippen molar-refractivity contribution < 1.29 is 23.5 Å². The van der Waals surface area contributed by atoms with Crippen LogP contribution >= 0.6 is 11.8 Å². The lowest BCUT2D eigenvalue weighted by Crippen LogP contribution is -2.19. The molecule has 2 aromatic carbocycles. The van der Waals surface area contributed by atoms with Crippen molar-refractivity contribution in [2.45, 2.75) is 5.16 Å². The molecule has 0 saturated heterocycles. The third-order valence-electron chi connectivity index (χ3n) is 4.11. The van der Waals surface area contributed by atoms with Crippen LogP contribution in [-0.4, -0.2) is 41.9 Å². The van der Waals surface area contributed by atoms with Crippen molar-refractivity contribution in [3.63, 3.8) is 0 Å². The number of methoxy groups -OCH3 is 2. The van der Waals surface area contributed by atoms with Crippen LogP contribution in [0.3, 0.4) is 0 Å². The fourth-order valence-electron chi connectivity index (χ4n) is 2.70. The third-order valence-corrected chi connectivity index (χ3v) is 4.76. The second-order valence-corrected chi connectivity index (χ2v) is 6.57. The topological polar surface area (TPSA) is 82.4 Å². The van der Waals surface area contributed by atoms with Crippen LogP contribution in [0.4, 0.5) is 10.1 Å². The summed E-state index contributed by atoms with van der Waals surface area (Å²) in [6.45, 7) is 0. The molecule has 1 N–H and O–H groups in total.